The quantitative estimate of drug-likeness (QED) is 0.820. The smallest absolute Gasteiger partial charge is 0.398 e. The second kappa shape index (κ2) is 6.08. The first kappa shape index (κ1) is 16.2. The normalized spacial score (nSPS) is 12.8. The fourth-order valence-electron chi connectivity index (χ4n) is 1.12. The Kier molecular flexibility index (Phi) is 5.19. The zero-order valence-corrected chi connectivity index (χ0v) is 13.3. The molecule has 0 radical (unpaired) electrons. The number of aromatic hydroxyl groups is 1. The highest BCUT2D eigenvalue weighted by atomic mass is 31.2. The maximum Gasteiger partial charge on any atom is 0.398 e. The van der Waals surface area contributed by atoms with Crippen molar-refractivity contribution in [3.8, 4) is 11.5 Å². The number of benzene rings is 1. The molecule has 0 heterocycles. The Balaban J connectivity index is 2.82. The molecule has 19 heavy (non-hydrogen) atoms. The van der Waals surface area contributed by atoms with Crippen LogP contribution in [0.25, 0.3) is 0 Å². The van der Waals surface area contributed by atoms with Gasteiger partial charge in [0.25, 0.3) is 0 Å². The lowest BCUT2D eigenvalue weighted by Crippen LogP contribution is -2.23. The molecule has 4 nitrogen and oxygen atoms in total. The summed E-state index contributed by atoms with van der Waals surface area (Å²) in [6.07, 6.45) is 0. The van der Waals surface area contributed by atoms with E-state index in [-0.39, 0.29) is 17.0 Å². The van der Waals surface area contributed by atoms with Gasteiger partial charge in [0, 0.05) is 0 Å². The van der Waals surface area contributed by atoms with E-state index in [2.05, 4.69) is 0 Å². The van der Waals surface area contributed by atoms with Gasteiger partial charge in [0.05, 0.1) is 11.2 Å². The van der Waals surface area contributed by atoms with Crippen molar-refractivity contribution in [2.75, 3.05) is 0 Å². The predicted octanol–water partition coefficient (Wildman–Crippen LogP) is 4.63. The van der Waals surface area contributed by atoms with Crippen molar-refractivity contribution in [1.82, 2.24) is 0 Å². The lowest BCUT2D eigenvalue weighted by molar-refractivity contribution is 0.0500. The van der Waals surface area contributed by atoms with Gasteiger partial charge in [-0.2, -0.15) is 0 Å². The third-order valence-electron chi connectivity index (χ3n) is 1.73. The molecular weight excluding hydrogens is 263 g/mol. The van der Waals surface area contributed by atoms with Crippen molar-refractivity contribution >= 4 is 8.60 Å². The van der Waals surface area contributed by atoms with Crippen LogP contribution in [-0.4, -0.2) is 16.3 Å². The molecule has 0 atom stereocenters. The highest BCUT2D eigenvalue weighted by Crippen LogP contribution is 2.49. The predicted molar refractivity (Wildman–Crippen MR) is 77.3 cm³/mol. The molecule has 0 saturated heterocycles. The van der Waals surface area contributed by atoms with Gasteiger partial charge < -0.3 is 9.63 Å². The van der Waals surface area contributed by atoms with Crippen LogP contribution in [-0.2, 0) is 9.05 Å². The average molecular weight is 286 g/mol. The topological polar surface area (TPSA) is 47.9 Å². The molecule has 0 unspecified atom stereocenters. The third-order valence-corrected chi connectivity index (χ3v) is 3.47. The van der Waals surface area contributed by atoms with E-state index in [1.807, 2.05) is 41.5 Å². The monoisotopic (exact) mass is 286 g/mol. The van der Waals surface area contributed by atoms with Gasteiger partial charge in [-0.15, -0.1) is 0 Å². The molecule has 0 amide bonds. The summed E-state index contributed by atoms with van der Waals surface area (Å²) < 4.78 is 17.2. The molecule has 0 aliphatic heterocycles. The van der Waals surface area contributed by atoms with Crippen LogP contribution in [0.15, 0.2) is 24.3 Å². The van der Waals surface area contributed by atoms with E-state index in [0.29, 0.717) is 5.75 Å². The van der Waals surface area contributed by atoms with Crippen LogP contribution in [0.1, 0.15) is 41.5 Å². The van der Waals surface area contributed by atoms with Crippen molar-refractivity contribution < 1.29 is 18.7 Å². The molecule has 1 N–H and O–H groups in total. The summed E-state index contributed by atoms with van der Waals surface area (Å²) in [5.41, 5.74) is -0.775. The van der Waals surface area contributed by atoms with Gasteiger partial charge in [0.15, 0.2) is 11.5 Å². The van der Waals surface area contributed by atoms with Crippen LogP contribution in [0, 0.1) is 0 Å². The van der Waals surface area contributed by atoms with Gasteiger partial charge in [0.2, 0.25) is 0 Å². The first-order valence-electron chi connectivity index (χ1n) is 6.21. The van der Waals surface area contributed by atoms with E-state index in [1.165, 1.54) is 0 Å². The third kappa shape index (κ3) is 6.76. The number of rotatable bonds is 4. The van der Waals surface area contributed by atoms with Crippen molar-refractivity contribution in [1.29, 1.82) is 0 Å². The minimum absolute atomic E-state index is 0.0741. The SMILES string of the molecule is CC(C)(C)OP(Oc1ccccc1O)OC(C)(C)C. The fourth-order valence-corrected chi connectivity index (χ4v) is 2.44. The summed E-state index contributed by atoms with van der Waals surface area (Å²) in [4.78, 5) is 0. The van der Waals surface area contributed by atoms with Crippen LogP contribution >= 0.6 is 8.60 Å². The summed E-state index contributed by atoms with van der Waals surface area (Å²) in [5, 5.41) is 9.73. The van der Waals surface area contributed by atoms with Gasteiger partial charge >= 0.3 is 8.60 Å². The molecule has 0 aromatic heterocycles. The van der Waals surface area contributed by atoms with Gasteiger partial charge in [-0.05, 0) is 53.7 Å². The van der Waals surface area contributed by atoms with Crippen LogP contribution in [0.2, 0.25) is 0 Å². The molecule has 0 spiro atoms. The van der Waals surface area contributed by atoms with E-state index in [9.17, 15) is 5.11 Å². The maximum atomic E-state index is 9.73. The fraction of sp³-hybridized carbons (Fsp3) is 0.571. The molecule has 0 aliphatic carbocycles. The zero-order valence-electron chi connectivity index (χ0n) is 12.4. The van der Waals surface area contributed by atoms with Crippen LogP contribution in [0.5, 0.6) is 11.5 Å². The van der Waals surface area contributed by atoms with Crippen molar-refractivity contribution in [2.45, 2.75) is 52.7 Å². The van der Waals surface area contributed by atoms with E-state index in [1.54, 1.807) is 24.3 Å². The number of hydrogen-bond donors (Lipinski definition) is 1. The van der Waals surface area contributed by atoms with E-state index >= 15 is 0 Å². The van der Waals surface area contributed by atoms with Crippen molar-refractivity contribution in [3.05, 3.63) is 24.3 Å². The minimum atomic E-state index is -1.59. The molecule has 0 aliphatic rings. The number of para-hydroxylation sites is 2. The molecule has 1 aromatic carbocycles. The van der Waals surface area contributed by atoms with Crippen molar-refractivity contribution in [3.63, 3.8) is 0 Å². The Morgan fingerprint density at radius 2 is 1.37 bits per heavy atom. The Labute approximate surface area is 116 Å². The Hall–Kier alpha value is -0.830. The van der Waals surface area contributed by atoms with Crippen LogP contribution < -0.4 is 4.52 Å². The maximum absolute atomic E-state index is 9.73. The second-order valence-corrected chi connectivity index (χ2v) is 7.18. The molecule has 0 bridgehead atoms. The summed E-state index contributed by atoms with van der Waals surface area (Å²) >= 11 is 0. The molecule has 5 heteroatoms. The van der Waals surface area contributed by atoms with Gasteiger partial charge in [-0.3, -0.25) is 9.05 Å². The highest BCUT2D eigenvalue weighted by Gasteiger charge is 2.29. The molecule has 0 fully saturated rings. The standard InChI is InChI=1S/C14H23O4P/c1-13(2,3)17-19(18-14(4,5)6)16-12-10-8-7-9-11(12)15/h7-10,15H,1-6H3. The van der Waals surface area contributed by atoms with Crippen LogP contribution in [0.4, 0.5) is 0 Å². The zero-order chi connectivity index (χ0) is 14.7. The molecule has 108 valence electrons. The minimum Gasteiger partial charge on any atom is -0.504 e. The summed E-state index contributed by atoms with van der Waals surface area (Å²) in [6, 6.07) is 6.77. The summed E-state index contributed by atoms with van der Waals surface area (Å²) in [5.74, 6) is 0.437. The second-order valence-electron chi connectivity index (χ2n) is 6.19. The average Bonchev–Trinajstić information content (AvgIpc) is 2.16. The number of hydrogen-bond acceptors (Lipinski definition) is 4. The van der Waals surface area contributed by atoms with Gasteiger partial charge in [-0.1, -0.05) is 12.1 Å². The van der Waals surface area contributed by atoms with E-state index in [0.717, 1.165) is 0 Å². The molecular formula is C14H23O4P. The Morgan fingerprint density at radius 3 is 1.79 bits per heavy atom. The van der Waals surface area contributed by atoms with Gasteiger partial charge in [-0.25, -0.2) is 0 Å². The molecule has 1 aromatic rings. The summed E-state index contributed by atoms with van der Waals surface area (Å²) in [7, 11) is -1.59. The molecule has 1 rings (SSSR count). The first-order chi connectivity index (χ1) is 8.57. The lowest BCUT2D eigenvalue weighted by Gasteiger charge is -2.30. The lowest BCUT2D eigenvalue weighted by atomic mass is 10.2. The van der Waals surface area contributed by atoms with Crippen LogP contribution in [0.3, 0.4) is 0 Å². The van der Waals surface area contributed by atoms with Crippen molar-refractivity contribution in [2.24, 2.45) is 0 Å². The largest absolute Gasteiger partial charge is 0.504 e. The number of phenols is 1. The first-order valence-corrected chi connectivity index (χ1v) is 7.31. The molecule has 0 saturated carbocycles. The number of phenolic OH excluding ortho intramolecular Hbond substituents is 1. The van der Waals surface area contributed by atoms with E-state index in [4.69, 9.17) is 13.6 Å². The highest BCUT2D eigenvalue weighted by molar-refractivity contribution is 7.42. The summed E-state index contributed by atoms with van der Waals surface area (Å²) in [6.45, 7) is 11.6. The van der Waals surface area contributed by atoms with Gasteiger partial charge in [0.1, 0.15) is 0 Å². The Bertz CT molecular complexity index is 391. The van der Waals surface area contributed by atoms with E-state index < -0.39 is 8.60 Å². The Morgan fingerprint density at radius 1 is 0.895 bits per heavy atom.